The maximum atomic E-state index is 12.2. The molecule has 0 saturated carbocycles. The van der Waals surface area contributed by atoms with Crippen LogP contribution in [0.1, 0.15) is 18.4 Å². The third kappa shape index (κ3) is 6.09. The largest absolute Gasteiger partial charge is 0.497 e. The highest BCUT2D eigenvalue weighted by Crippen LogP contribution is 2.21. The minimum atomic E-state index is -0.519. The van der Waals surface area contributed by atoms with Gasteiger partial charge in [0.15, 0.2) is 0 Å². The van der Waals surface area contributed by atoms with Crippen LogP contribution in [0.3, 0.4) is 0 Å². The molecule has 2 aromatic carbocycles. The van der Waals surface area contributed by atoms with Gasteiger partial charge in [0, 0.05) is 5.69 Å². The van der Waals surface area contributed by atoms with Gasteiger partial charge in [-0.3, -0.25) is 15.0 Å². The van der Waals surface area contributed by atoms with Crippen molar-refractivity contribution in [2.24, 2.45) is 5.92 Å². The Bertz CT molecular complexity index is 769. The molecule has 3 rings (SSSR count). The van der Waals surface area contributed by atoms with E-state index >= 15 is 0 Å². The van der Waals surface area contributed by atoms with Gasteiger partial charge in [-0.25, -0.2) is 4.79 Å². The Morgan fingerprint density at radius 3 is 2.36 bits per heavy atom. The van der Waals surface area contributed by atoms with E-state index in [9.17, 15) is 9.59 Å². The Labute approximate surface area is 165 Å². The summed E-state index contributed by atoms with van der Waals surface area (Å²) in [6.07, 6.45) is 3.23. The van der Waals surface area contributed by atoms with Crippen LogP contribution in [-0.4, -0.2) is 43.6 Å². The number of methoxy groups -OCH3 is 1. The van der Waals surface area contributed by atoms with Gasteiger partial charge < -0.3 is 10.1 Å². The molecule has 0 unspecified atom stereocenters. The van der Waals surface area contributed by atoms with Gasteiger partial charge in [0.2, 0.25) is 5.91 Å². The summed E-state index contributed by atoms with van der Waals surface area (Å²) in [7, 11) is 1.58. The number of rotatable bonds is 6. The molecule has 1 fully saturated rings. The molecule has 0 bridgehead atoms. The Hall–Kier alpha value is -2.86. The molecular formula is C22H27N3O3. The minimum Gasteiger partial charge on any atom is -0.497 e. The van der Waals surface area contributed by atoms with Gasteiger partial charge in [-0.05, 0) is 68.1 Å². The van der Waals surface area contributed by atoms with Gasteiger partial charge in [-0.2, -0.15) is 0 Å². The van der Waals surface area contributed by atoms with E-state index in [2.05, 4.69) is 39.8 Å². The van der Waals surface area contributed by atoms with Crippen LogP contribution in [0.25, 0.3) is 0 Å². The molecule has 148 valence electrons. The molecule has 0 aliphatic carbocycles. The summed E-state index contributed by atoms with van der Waals surface area (Å²) in [5.41, 5.74) is 1.97. The average Bonchev–Trinajstić information content (AvgIpc) is 2.70. The molecule has 1 aliphatic rings. The van der Waals surface area contributed by atoms with E-state index in [-0.39, 0.29) is 12.5 Å². The topological polar surface area (TPSA) is 70.7 Å². The number of benzene rings is 2. The number of urea groups is 1. The summed E-state index contributed by atoms with van der Waals surface area (Å²) in [4.78, 5) is 26.2. The van der Waals surface area contributed by atoms with E-state index < -0.39 is 6.03 Å². The first-order chi connectivity index (χ1) is 13.6. The highest BCUT2D eigenvalue weighted by Gasteiger charge is 2.21. The van der Waals surface area contributed by atoms with Crippen molar-refractivity contribution >= 4 is 17.6 Å². The quantitative estimate of drug-likeness (QED) is 0.805. The fraction of sp³-hybridized carbons (Fsp3) is 0.364. The number of nitrogens with one attached hydrogen (secondary N) is 2. The Balaban J connectivity index is 1.37. The third-order valence-corrected chi connectivity index (χ3v) is 5.04. The zero-order chi connectivity index (χ0) is 19.8. The van der Waals surface area contributed by atoms with Crippen molar-refractivity contribution in [1.82, 2.24) is 10.2 Å². The summed E-state index contributed by atoms with van der Waals surface area (Å²) >= 11 is 0. The maximum absolute atomic E-state index is 12.2. The van der Waals surface area contributed by atoms with Crippen LogP contribution in [0.5, 0.6) is 5.75 Å². The summed E-state index contributed by atoms with van der Waals surface area (Å²) in [5, 5.41) is 5.04. The second-order valence-corrected chi connectivity index (χ2v) is 7.14. The van der Waals surface area contributed by atoms with Gasteiger partial charge in [0.25, 0.3) is 0 Å². The van der Waals surface area contributed by atoms with Crippen LogP contribution in [0.2, 0.25) is 0 Å². The number of piperidine rings is 1. The second kappa shape index (κ2) is 9.90. The van der Waals surface area contributed by atoms with Crippen LogP contribution in [-0.2, 0) is 11.2 Å². The molecular weight excluding hydrogens is 354 g/mol. The molecule has 0 radical (unpaired) electrons. The highest BCUT2D eigenvalue weighted by atomic mass is 16.5. The molecule has 6 heteroatoms. The lowest BCUT2D eigenvalue weighted by Gasteiger charge is -2.31. The standard InChI is InChI=1S/C22H27N3O3/c1-28-20-9-7-19(8-10-20)23-22(27)24-21(26)16-25-13-11-18(12-14-25)15-17-5-3-2-4-6-17/h2-10,18H,11-16H2,1H3,(H2,23,24,26,27). The number of carbonyl (C=O) groups is 2. The van der Waals surface area contributed by atoms with Gasteiger partial charge >= 0.3 is 6.03 Å². The van der Waals surface area contributed by atoms with Crippen molar-refractivity contribution in [2.75, 3.05) is 32.1 Å². The number of anilines is 1. The normalized spacial score (nSPS) is 15.0. The van der Waals surface area contributed by atoms with Crippen LogP contribution in [0.4, 0.5) is 10.5 Å². The summed E-state index contributed by atoms with van der Waals surface area (Å²) in [6.45, 7) is 2.00. The molecule has 3 amide bonds. The molecule has 1 heterocycles. The first kappa shape index (κ1) is 19.9. The molecule has 0 spiro atoms. The monoisotopic (exact) mass is 381 g/mol. The molecule has 2 aromatic rings. The number of nitrogens with zero attached hydrogens (tertiary/aromatic N) is 1. The number of hydrogen-bond acceptors (Lipinski definition) is 4. The summed E-state index contributed by atoms with van der Waals surface area (Å²) in [5.74, 6) is 1.07. The second-order valence-electron chi connectivity index (χ2n) is 7.14. The smallest absolute Gasteiger partial charge is 0.325 e. The first-order valence-corrected chi connectivity index (χ1v) is 9.63. The van der Waals surface area contributed by atoms with E-state index in [0.29, 0.717) is 17.4 Å². The highest BCUT2D eigenvalue weighted by molar-refractivity contribution is 6.01. The third-order valence-electron chi connectivity index (χ3n) is 5.04. The van der Waals surface area contributed by atoms with Crippen LogP contribution in [0.15, 0.2) is 54.6 Å². The van der Waals surface area contributed by atoms with E-state index in [1.807, 2.05) is 6.07 Å². The van der Waals surface area contributed by atoms with Crippen molar-refractivity contribution in [2.45, 2.75) is 19.3 Å². The van der Waals surface area contributed by atoms with Crippen molar-refractivity contribution in [3.05, 3.63) is 60.2 Å². The predicted octanol–water partition coefficient (Wildman–Crippen LogP) is 3.30. The number of carbonyl (C=O) groups excluding carboxylic acids is 2. The predicted molar refractivity (Wildman–Crippen MR) is 109 cm³/mol. The fourth-order valence-corrected chi connectivity index (χ4v) is 3.50. The number of amides is 3. The molecule has 1 saturated heterocycles. The minimum absolute atomic E-state index is 0.244. The van der Waals surface area contributed by atoms with E-state index in [1.54, 1.807) is 31.4 Å². The van der Waals surface area contributed by atoms with E-state index in [4.69, 9.17) is 4.74 Å². The van der Waals surface area contributed by atoms with Crippen molar-refractivity contribution in [3.8, 4) is 5.75 Å². The molecule has 2 N–H and O–H groups in total. The Morgan fingerprint density at radius 1 is 1.04 bits per heavy atom. The number of imide groups is 1. The van der Waals surface area contributed by atoms with Crippen LogP contribution < -0.4 is 15.4 Å². The van der Waals surface area contributed by atoms with Gasteiger partial charge in [0.1, 0.15) is 5.75 Å². The van der Waals surface area contributed by atoms with Gasteiger partial charge in [0.05, 0.1) is 13.7 Å². The van der Waals surface area contributed by atoms with E-state index in [0.717, 1.165) is 32.4 Å². The van der Waals surface area contributed by atoms with Crippen LogP contribution in [0, 0.1) is 5.92 Å². The molecule has 1 aliphatic heterocycles. The lowest BCUT2D eigenvalue weighted by Crippen LogP contribution is -2.44. The van der Waals surface area contributed by atoms with Crippen molar-refractivity contribution in [1.29, 1.82) is 0 Å². The van der Waals surface area contributed by atoms with Crippen molar-refractivity contribution < 1.29 is 14.3 Å². The van der Waals surface area contributed by atoms with E-state index in [1.165, 1.54) is 5.56 Å². The maximum Gasteiger partial charge on any atom is 0.325 e. The fourth-order valence-electron chi connectivity index (χ4n) is 3.50. The lowest BCUT2D eigenvalue weighted by molar-refractivity contribution is -0.121. The lowest BCUT2D eigenvalue weighted by atomic mass is 9.90. The first-order valence-electron chi connectivity index (χ1n) is 9.63. The SMILES string of the molecule is COc1ccc(NC(=O)NC(=O)CN2CCC(Cc3ccccc3)CC2)cc1. The molecule has 0 atom stereocenters. The average molecular weight is 381 g/mol. The zero-order valence-corrected chi connectivity index (χ0v) is 16.2. The molecule has 0 aromatic heterocycles. The van der Waals surface area contributed by atoms with Crippen LogP contribution >= 0.6 is 0 Å². The Kier molecular flexibility index (Phi) is 7.03. The number of likely N-dealkylation sites (tertiary alicyclic amines) is 1. The number of ether oxygens (including phenoxy) is 1. The number of hydrogen-bond donors (Lipinski definition) is 2. The summed E-state index contributed by atoms with van der Waals surface area (Å²) < 4.78 is 5.08. The van der Waals surface area contributed by atoms with Gasteiger partial charge in [-0.15, -0.1) is 0 Å². The Morgan fingerprint density at radius 2 is 1.71 bits per heavy atom. The molecule has 28 heavy (non-hydrogen) atoms. The molecule has 6 nitrogen and oxygen atoms in total. The summed E-state index contributed by atoms with van der Waals surface area (Å²) in [6, 6.07) is 16.9. The van der Waals surface area contributed by atoms with Crippen molar-refractivity contribution in [3.63, 3.8) is 0 Å². The zero-order valence-electron chi connectivity index (χ0n) is 16.2. The van der Waals surface area contributed by atoms with Gasteiger partial charge in [-0.1, -0.05) is 30.3 Å².